The van der Waals surface area contributed by atoms with Crippen LogP contribution in [0.15, 0.2) is 42.7 Å². The molecule has 0 bridgehead atoms. The van der Waals surface area contributed by atoms with Crippen molar-refractivity contribution in [3.63, 3.8) is 0 Å². The van der Waals surface area contributed by atoms with Gasteiger partial charge in [0.1, 0.15) is 0 Å². The smallest absolute Gasteiger partial charge is 0.220 e. The number of nitrogens with one attached hydrogen (secondary N) is 1. The van der Waals surface area contributed by atoms with Crippen molar-refractivity contribution in [1.82, 2.24) is 20.0 Å². The SMILES string of the molecule is CN1CC[C@@H](NC(=O)CCC(=O)c2cnn(C)c2)[C@H]1c1ccccc1. The van der Waals surface area contributed by atoms with Crippen LogP contribution in [0.25, 0.3) is 0 Å². The molecule has 0 saturated carbocycles. The molecule has 1 amide bonds. The molecule has 2 aromatic rings. The zero-order valence-electron chi connectivity index (χ0n) is 14.7. The lowest BCUT2D eigenvalue weighted by Gasteiger charge is -2.26. The molecule has 1 N–H and O–H groups in total. The fourth-order valence-corrected chi connectivity index (χ4v) is 3.45. The molecule has 1 fully saturated rings. The minimum absolute atomic E-state index is 0.0496. The molecule has 1 saturated heterocycles. The Balaban J connectivity index is 1.56. The number of carbonyl (C=O) groups is 2. The highest BCUT2D eigenvalue weighted by Crippen LogP contribution is 2.30. The van der Waals surface area contributed by atoms with Crippen LogP contribution >= 0.6 is 0 Å². The Morgan fingerprint density at radius 3 is 2.64 bits per heavy atom. The maximum Gasteiger partial charge on any atom is 0.220 e. The second-order valence-electron chi connectivity index (χ2n) is 6.62. The van der Waals surface area contributed by atoms with Crippen molar-refractivity contribution < 1.29 is 9.59 Å². The van der Waals surface area contributed by atoms with Crippen molar-refractivity contribution in [3.8, 4) is 0 Å². The van der Waals surface area contributed by atoms with Crippen molar-refractivity contribution in [2.45, 2.75) is 31.3 Å². The fourth-order valence-electron chi connectivity index (χ4n) is 3.45. The topological polar surface area (TPSA) is 67.2 Å². The first kappa shape index (κ1) is 17.4. The van der Waals surface area contributed by atoms with Gasteiger partial charge in [0.05, 0.1) is 17.8 Å². The summed E-state index contributed by atoms with van der Waals surface area (Å²) in [5.41, 5.74) is 1.76. The van der Waals surface area contributed by atoms with Crippen LogP contribution < -0.4 is 5.32 Å². The average molecular weight is 340 g/mol. The minimum atomic E-state index is -0.0709. The number of carbonyl (C=O) groups excluding carboxylic acids is 2. The van der Waals surface area contributed by atoms with Gasteiger partial charge in [0.25, 0.3) is 0 Å². The van der Waals surface area contributed by atoms with Gasteiger partial charge in [-0.15, -0.1) is 0 Å². The maximum absolute atomic E-state index is 12.3. The first-order chi connectivity index (χ1) is 12.0. The molecule has 132 valence electrons. The largest absolute Gasteiger partial charge is 0.351 e. The highest BCUT2D eigenvalue weighted by molar-refractivity contribution is 5.97. The normalized spacial score (nSPS) is 20.6. The Morgan fingerprint density at radius 1 is 1.20 bits per heavy atom. The molecule has 1 aliphatic heterocycles. The Bertz CT molecular complexity index is 741. The minimum Gasteiger partial charge on any atom is -0.351 e. The van der Waals surface area contributed by atoms with E-state index in [9.17, 15) is 9.59 Å². The monoisotopic (exact) mass is 340 g/mol. The highest BCUT2D eigenvalue weighted by atomic mass is 16.2. The second kappa shape index (κ2) is 7.61. The number of hydrogen-bond acceptors (Lipinski definition) is 4. The number of amides is 1. The number of rotatable bonds is 6. The Morgan fingerprint density at radius 2 is 1.96 bits per heavy atom. The summed E-state index contributed by atoms with van der Waals surface area (Å²) in [4.78, 5) is 26.7. The van der Waals surface area contributed by atoms with E-state index in [0.717, 1.165) is 13.0 Å². The lowest BCUT2D eigenvalue weighted by Crippen LogP contribution is -2.39. The number of hydrogen-bond donors (Lipinski definition) is 1. The first-order valence-corrected chi connectivity index (χ1v) is 8.61. The summed E-state index contributed by atoms with van der Waals surface area (Å²) in [6.45, 7) is 0.944. The summed E-state index contributed by atoms with van der Waals surface area (Å²) >= 11 is 0. The highest BCUT2D eigenvalue weighted by Gasteiger charge is 2.33. The predicted octanol–water partition coefficient (Wildman–Crippen LogP) is 1.94. The predicted molar refractivity (Wildman–Crippen MR) is 95.1 cm³/mol. The van der Waals surface area contributed by atoms with Crippen molar-refractivity contribution in [1.29, 1.82) is 0 Å². The van der Waals surface area contributed by atoms with E-state index in [-0.39, 0.29) is 36.6 Å². The third kappa shape index (κ3) is 4.14. The fraction of sp³-hybridized carbons (Fsp3) is 0.421. The summed E-state index contributed by atoms with van der Waals surface area (Å²) in [7, 11) is 3.85. The molecule has 1 aromatic carbocycles. The summed E-state index contributed by atoms with van der Waals surface area (Å²) in [5.74, 6) is -0.120. The first-order valence-electron chi connectivity index (χ1n) is 8.61. The van der Waals surface area contributed by atoms with Gasteiger partial charge >= 0.3 is 0 Å². The molecule has 2 atom stereocenters. The van der Waals surface area contributed by atoms with Crippen LogP contribution in [-0.4, -0.2) is 46.0 Å². The van der Waals surface area contributed by atoms with E-state index < -0.39 is 0 Å². The molecule has 0 radical (unpaired) electrons. The summed E-state index contributed by atoms with van der Waals surface area (Å²) in [5, 5.41) is 7.11. The molecule has 6 heteroatoms. The van der Waals surface area contributed by atoms with E-state index in [1.807, 2.05) is 18.2 Å². The number of nitrogens with zero attached hydrogens (tertiary/aromatic N) is 3. The van der Waals surface area contributed by atoms with Crippen LogP contribution in [0.2, 0.25) is 0 Å². The van der Waals surface area contributed by atoms with Crippen LogP contribution in [0.4, 0.5) is 0 Å². The number of Topliss-reactive ketones (excluding diaryl/α,β-unsaturated/α-hetero) is 1. The van der Waals surface area contributed by atoms with E-state index in [0.29, 0.717) is 5.56 Å². The number of likely N-dealkylation sites (N-methyl/N-ethyl adjacent to an activating group) is 1. The van der Waals surface area contributed by atoms with E-state index >= 15 is 0 Å². The molecule has 0 unspecified atom stereocenters. The molecule has 0 aliphatic carbocycles. The Labute approximate surface area is 147 Å². The molecule has 2 heterocycles. The second-order valence-corrected chi connectivity index (χ2v) is 6.62. The van der Waals surface area contributed by atoms with Crippen LogP contribution in [0.3, 0.4) is 0 Å². The number of aromatic nitrogens is 2. The van der Waals surface area contributed by atoms with Gasteiger partial charge in [-0.1, -0.05) is 30.3 Å². The molecule has 6 nitrogen and oxygen atoms in total. The summed E-state index contributed by atoms with van der Waals surface area (Å²) < 4.78 is 1.59. The molecule has 0 spiro atoms. The van der Waals surface area contributed by atoms with E-state index in [2.05, 4.69) is 34.5 Å². The van der Waals surface area contributed by atoms with Crippen molar-refractivity contribution in [2.24, 2.45) is 7.05 Å². The van der Waals surface area contributed by atoms with Crippen molar-refractivity contribution in [2.75, 3.05) is 13.6 Å². The van der Waals surface area contributed by atoms with Crippen LogP contribution in [-0.2, 0) is 11.8 Å². The number of aryl methyl sites for hydroxylation is 1. The van der Waals surface area contributed by atoms with E-state index in [1.165, 1.54) is 11.8 Å². The molecule has 1 aliphatic rings. The van der Waals surface area contributed by atoms with Gasteiger partial charge in [-0.05, 0) is 19.0 Å². The third-order valence-corrected chi connectivity index (χ3v) is 4.74. The van der Waals surface area contributed by atoms with Crippen LogP contribution in [0.5, 0.6) is 0 Å². The summed E-state index contributed by atoms with van der Waals surface area (Å²) in [6, 6.07) is 10.5. The van der Waals surface area contributed by atoms with Gasteiger partial charge in [-0.3, -0.25) is 19.2 Å². The van der Waals surface area contributed by atoms with E-state index in [1.54, 1.807) is 17.9 Å². The lowest BCUT2D eigenvalue weighted by atomic mass is 10.00. The molecular formula is C19H24N4O2. The maximum atomic E-state index is 12.3. The number of ketones is 1. The Kier molecular flexibility index (Phi) is 5.28. The quantitative estimate of drug-likeness (QED) is 0.816. The van der Waals surface area contributed by atoms with Gasteiger partial charge in [-0.2, -0.15) is 5.10 Å². The molecule has 1 aromatic heterocycles. The van der Waals surface area contributed by atoms with Gasteiger partial charge in [0, 0.05) is 38.7 Å². The lowest BCUT2D eigenvalue weighted by molar-refractivity contribution is -0.121. The zero-order valence-corrected chi connectivity index (χ0v) is 14.7. The number of likely N-dealkylation sites (tertiary alicyclic amines) is 1. The van der Waals surface area contributed by atoms with Crippen molar-refractivity contribution in [3.05, 3.63) is 53.9 Å². The van der Waals surface area contributed by atoms with Crippen LogP contribution in [0.1, 0.15) is 41.2 Å². The number of benzene rings is 1. The average Bonchev–Trinajstić information content (AvgIpc) is 3.19. The van der Waals surface area contributed by atoms with Gasteiger partial charge in [-0.25, -0.2) is 0 Å². The standard InChI is InChI=1S/C19H24N4O2/c1-22-11-10-16(19(22)14-6-4-3-5-7-14)21-18(25)9-8-17(24)15-12-20-23(2)13-15/h3-7,12-13,16,19H,8-11H2,1-2H3,(H,21,25)/t16-,19-/m1/s1. The van der Waals surface area contributed by atoms with Crippen molar-refractivity contribution >= 4 is 11.7 Å². The summed E-state index contributed by atoms with van der Waals surface area (Å²) in [6.07, 6.45) is 4.54. The Hall–Kier alpha value is -2.47. The van der Waals surface area contributed by atoms with Crippen LogP contribution in [0, 0.1) is 0 Å². The van der Waals surface area contributed by atoms with E-state index in [4.69, 9.17) is 0 Å². The molecular weight excluding hydrogens is 316 g/mol. The third-order valence-electron chi connectivity index (χ3n) is 4.74. The van der Waals surface area contributed by atoms with Gasteiger partial charge in [0.2, 0.25) is 5.91 Å². The van der Waals surface area contributed by atoms with Gasteiger partial charge in [0.15, 0.2) is 5.78 Å². The van der Waals surface area contributed by atoms with Gasteiger partial charge < -0.3 is 5.32 Å². The zero-order chi connectivity index (χ0) is 17.8. The molecule has 25 heavy (non-hydrogen) atoms. The molecule has 3 rings (SSSR count).